The fourth-order valence-electron chi connectivity index (χ4n) is 1.37. The van der Waals surface area contributed by atoms with E-state index in [1.54, 1.807) is 23.8 Å². The Morgan fingerprint density at radius 2 is 2.39 bits per heavy atom. The molecule has 2 aromatic rings. The van der Waals surface area contributed by atoms with E-state index in [0.29, 0.717) is 11.4 Å². The molecule has 0 aliphatic rings. The molecule has 2 rings (SSSR count). The maximum Gasteiger partial charge on any atom is 0.328 e. The molecular formula is C12H11N3O2S. The van der Waals surface area contributed by atoms with Crippen molar-refractivity contribution in [1.82, 2.24) is 9.97 Å². The van der Waals surface area contributed by atoms with Crippen molar-refractivity contribution in [1.29, 1.82) is 0 Å². The lowest BCUT2D eigenvalue weighted by atomic mass is 10.1. The van der Waals surface area contributed by atoms with E-state index in [2.05, 4.69) is 15.0 Å². The van der Waals surface area contributed by atoms with Crippen molar-refractivity contribution in [3.05, 3.63) is 46.7 Å². The van der Waals surface area contributed by atoms with Crippen molar-refractivity contribution in [2.24, 2.45) is 4.99 Å². The third kappa shape index (κ3) is 3.46. The Labute approximate surface area is 108 Å². The Bertz CT molecular complexity index is 526. The molecule has 0 saturated carbocycles. The third-order valence-electron chi connectivity index (χ3n) is 2.25. The number of hydrogen-bond acceptors (Lipinski definition) is 5. The fraction of sp³-hybridized carbons (Fsp3) is 0.167. The molecule has 0 spiro atoms. The van der Waals surface area contributed by atoms with Crippen LogP contribution < -0.4 is 0 Å². The summed E-state index contributed by atoms with van der Waals surface area (Å²) in [5.74, 6) is -0.966. The number of aliphatic imine (C=N–C) groups is 1. The van der Waals surface area contributed by atoms with Crippen LogP contribution in [0.4, 0.5) is 0 Å². The van der Waals surface area contributed by atoms with E-state index in [4.69, 9.17) is 5.11 Å². The van der Waals surface area contributed by atoms with Gasteiger partial charge in [-0.2, -0.15) is 0 Å². The van der Waals surface area contributed by atoms with Crippen LogP contribution in [0.3, 0.4) is 0 Å². The fourth-order valence-corrected chi connectivity index (χ4v) is 1.88. The number of rotatable bonds is 5. The van der Waals surface area contributed by atoms with Gasteiger partial charge in [0.05, 0.1) is 11.2 Å². The topological polar surface area (TPSA) is 75.4 Å². The van der Waals surface area contributed by atoms with E-state index in [-0.39, 0.29) is 6.42 Å². The normalized spacial score (nSPS) is 12.7. The number of nitrogens with zero attached hydrogens (tertiary/aromatic N) is 3. The predicted molar refractivity (Wildman–Crippen MR) is 69.1 cm³/mol. The van der Waals surface area contributed by atoms with Crippen molar-refractivity contribution in [3.8, 4) is 0 Å². The van der Waals surface area contributed by atoms with Crippen molar-refractivity contribution in [3.63, 3.8) is 0 Å². The molecule has 92 valence electrons. The molecule has 1 N–H and O–H groups in total. The molecular weight excluding hydrogens is 250 g/mol. The zero-order valence-corrected chi connectivity index (χ0v) is 10.2. The first kappa shape index (κ1) is 12.4. The Kier molecular flexibility index (Phi) is 4.14. The molecule has 0 aliphatic heterocycles. The summed E-state index contributed by atoms with van der Waals surface area (Å²) in [6.45, 7) is 0. The minimum Gasteiger partial charge on any atom is -0.480 e. The van der Waals surface area contributed by atoms with Crippen LogP contribution in [0.5, 0.6) is 0 Å². The van der Waals surface area contributed by atoms with Crippen LogP contribution in [0.15, 0.2) is 40.3 Å². The van der Waals surface area contributed by atoms with Gasteiger partial charge in [0.1, 0.15) is 0 Å². The highest BCUT2D eigenvalue weighted by atomic mass is 32.1. The van der Waals surface area contributed by atoms with Crippen LogP contribution in [-0.2, 0) is 11.2 Å². The van der Waals surface area contributed by atoms with E-state index in [1.807, 2.05) is 11.4 Å². The van der Waals surface area contributed by atoms with E-state index in [1.165, 1.54) is 17.6 Å². The van der Waals surface area contributed by atoms with Gasteiger partial charge in [0.2, 0.25) is 0 Å². The van der Waals surface area contributed by atoms with Gasteiger partial charge in [-0.15, -0.1) is 11.3 Å². The number of carbonyl (C=O) groups is 1. The quantitative estimate of drug-likeness (QED) is 0.830. The number of carboxylic acids is 1. The van der Waals surface area contributed by atoms with E-state index >= 15 is 0 Å². The van der Waals surface area contributed by atoms with E-state index in [9.17, 15) is 4.79 Å². The van der Waals surface area contributed by atoms with Gasteiger partial charge in [0.15, 0.2) is 6.04 Å². The lowest BCUT2D eigenvalue weighted by molar-refractivity contribution is -0.138. The van der Waals surface area contributed by atoms with Crippen molar-refractivity contribution < 1.29 is 9.90 Å². The largest absolute Gasteiger partial charge is 0.480 e. The monoisotopic (exact) mass is 261 g/mol. The average molecular weight is 261 g/mol. The molecule has 0 aliphatic carbocycles. The maximum atomic E-state index is 11.1. The standard InChI is InChI=1S/C12H11N3O2S/c16-12(17)11(5-9-3-1-2-4-13-9)14-6-10-7-18-8-15-10/h1-4,6-8,11H,5H2,(H,16,17). The summed E-state index contributed by atoms with van der Waals surface area (Å²) in [5, 5.41) is 10.9. The Morgan fingerprint density at radius 3 is 3.00 bits per heavy atom. The number of aliphatic carboxylic acids is 1. The van der Waals surface area contributed by atoms with Crippen molar-refractivity contribution in [2.45, 2.75) is 12.5 Å². The molecule has 2 aromatic heterocycles. The molecule has 0 bridgehead atoms. The number of aromatic nitrogens is 2. The lowest BCUT2D eigenvalue weighted by Gasteiger charge is -2.05. The minimum absolute atomic E-state index is 0.275. The zero-order chi connectivity index (χ0) is 12.8. The summed E-state index contributed by atoms with van der Waals surface area (Å²) >= 11 is 1.44. The zero-order valence-electron chi connectivity index (χ0n) is 9.43. The van der Waals surface area contributed by atoms with E-state index < -0.39 is 12.0 Å². The molecule has 6 heteroatoms. The van der Waals surface area contributed by atoms with Gasteiger partial charge in [0, 0.05) is 29.9 Å². The van der Waals surface area contributed by atoms with Gasteiger partial charge >= 0.3 is 5.97 Å². The highest BCUT2D eigenvalue weighted by molar-refractivity contribution is 7.07. The first-order valence-electron chi connectivity index (χ1n) is 5.30. The second-order valence-electron chi connectivity index (χ2n) is 3.57. The van der Waals surface area contributed by atoms with Crippen LogP contribution in [0.1, 0.15) is 11.4 Å². The average Bonchev–Trinajstić information content (AvgIpc) is 2.88. The van der Waals surface area contributed by atoms with Crippen LogP contribution in [0.2, 0.25) is 0 Å². The highest BCUT2D eigenvalue weighted by Crippen LogP contribution is 2.04. The summed E-state index contributed by atoms with van der Waals surface area (Å²) in [4.78, 5) is 23.3. The van der Waals surface area contributed by atoms with Gasteiger partial charge in [-0.3, -0.25) is 9.98 Å². The molecule has 0 aromatic carbocycles. The Morgan fingerprint density at radius 1 is 1.50 bits per heavy atom. The summed E-state index contributed by atoms with van der Waals surface area (Å²) in [6, 6.07) is 4.57. The second-order valence-corrected chi connectivity index (χ2v) is 4.29. The smallest absolute Gasteiger partial charge is 0.328 e. The maximum absolute atomic E-state index is 11.1. The second kappa shape index (κ2) is 6.02. The molecule has 0 saturated heterocycles. The lowest BCUT2D eigenvalue weighted by Crippen LogP contribution is -2.21. The van der Waals surface area contributed by atoms with Gasteiger partial charge < -0.3 is 5.11 Å². The summed E-state index contributed by atoms with van der Waals surface area (Å²) < 4.78 is 0. The van der Waals surface area contributed by atoms with Crippen LogP contribution in [0, 0.1) is 0 Å². The van der Waals surface area contributed by atoms with Gasteiger partial charge in [-0.25, -0.2) is 9.78 Å². The Balaban J connectivity index is 2.07. The molecule has 0 fully saturated rings. The first-order chi connectivity index (χ1) is 8.75. The molecule has 0 amide bonds. The predicted octanol–water partition coefficient (Wildman–Crippen LogP) is 1.65. The molecule has 1 atom stereocenters. The summed E-state index contributed by atoms with van der Waals surface area (Å²) in [6.07, 6.45) is 3.40. The number of thiazole rings is 1. The van der Waals surface area contributed by atoms with Gasteiger partial charge in [-0.05, 0) is 12.1 Å². The van der Waals surface area contributed by atoms with Gasteiger partial charge in [-0.1, -0.05) is 6.07 Å². The van der Waals surface area contributed by atoms with Crippen molar-refractivity contribution in [2.75, 3.05) is 0 Å². The first-order valence-corrected chi connectivity index (χ1v) is 6.24. The highest BCUT2D eigenvalue weighted by Gasteiger charge is 2.16. The molecule has 2 heterocycles. The van der Waals surface area contributed by atoms with Crippen LogP contribution in [0.25, 0.3) is 0 Å². The van der Waals surface area contributed by atoms with Gasteiger partial charge in [0.25, 0.3) is 0 Å². The van der Waals surface area contributed by atoms with Crippen molar-refractivity contribution >= 4 is 23.5 Å². The Hall–Kier alpha value is -2.08. The SMILES string of the molecule is O=C(O)C(Cc1ccccn1)N=Cc1cscn1. The minimum atomic E-state index is -0.966. The number of hydrogen-bond donors (Lipinski definition) is 1. The molecule has 5 nitrogen and oxygen atoms in total. The molecule has 18 heavy (non-hydrogen) atoms. The third-order valence-corrected chi connectivity index (χ3v) is 2.86. The van der Waals surface area contributed by atoms with E-state index in [0.717, 1.165) is 0 Å². The van der Waals surface area contributed by atoms with Crippen LogP contribution in [-0.4, -0.2) is 33.3 Å². The molecule has 1 unspecified atom stereocenters. The summed E-state index contributed by atoms with van der Waals surface area (Å²) in [5.41, 5.74) is 3.06. The number of pyridine rings is 1. The number of carboxylic acid groups (broad SMARTS) is 1. The summed E-state index contributed by atoms with van der Waals surface area (Å²) in [7, 11) is 0. The molecule has 0 radical (unpaired) electrons. The van der Waals surface area contributed by atoms with Crippen LogP contribution >= 0.6 is 11.3 Å².